The Bertz CT molecular complexity index is 235. The minimum atomic E-state index is 0. The lowest BCUT2D eigenvalue weighted by Crippen LogP contribution is -2.13. The Labute approximate surface area is 80.6 Å². The van der Waals surface area contributed by atoms with Crippen LogP contribution in [0.15, 0.2) is 24.3 Å². The number of hydrogen-bond acceptors (Lipinski definition) is 1. The molecule has 0 spiro atoms. The third kappa shape index (κ3) is 2.50. The molecule has 1 rings (SSSR count). The molecule has 0 aliphatic heterocycles. The van der Waals surface area contributed by atoms with Gasteiger partial charge >= 0.3 is 0 Å². The van der Waals surface area contributed by atoms with Crippen molar-refractivity contribution >= 4 is 12.4 Å². The molecule has 0 radical (unpaired) electrons. The van der Waals surface area contributed by atoms with Crippen LogP contribution in [0, 0.1) is 6.92 Å². The molecule has 1 N–H and O–H groups in total. The van der Waals surface area contributed by atoms with Crippen LogP contribution in [0.4, 0.5) is 0 Å². The second-order valence-electron chi connectivity index (χ2n) is 2.87. The summed E-state index contributed by atoms with van der Waals surface area (Å²) < 4.78 is 0. The number of nitrogens with one attached hydrogen (secondary N) is 1. The average molecular weight is 186 g/mol. The van der Waals surface area contributed by atoms with Crippen molar-refractivity contribution in [2.24, 2.45) is 0 Å². The van der Waals surface area contributed by atoms with E-state index in [0.717, 1.165) is 0 Å². The fraction of sp³-hybridized carbons (Fsp3) is 0.400. The second kappa shape index (κ2) is 5.18. The highest BCUT2D eigenvalue weighted by molar-refractivity contribution is 5.85. The molecule has 12 heavy (non-hydrogen) atoms. The first-order chi connectivity index (χ1) is 5.25. The van der Waals surface area contributed by atoms with Crippen molar-refractivity contribution in [2.45, 2.75) is 19.9 Å². The van der Waals surface area contributed by atoms with Gasteiger partial charge in [0.05, 0.1) is 0 Å². The van der Waals surface area contributed by atoms with Crippen molar-refractivity contribution in [3.63, 3.8) is 0 Å². The maximum absolute atomic E-state index is 3.22. The molecule has 1 nitrogen and oxygen atoms in total. The van der Waals surface area contributed by atoms with E-state index in [9.17, 15) is 0 Å². The lowest BCUT2D eigenvalue weighted by atomic mass is 10.0. The number of halogens is 1. The van der Waals surface area contributed by atoms with Gasteiger partial charge in [-0.15, -0.1) is 12.4 Å². The summed E-state index contributed by atoms with van der Waals surface area (Å²) in [5.74, 6) is 0. The van der Waals surface area contributed by atoms with Gasteiger partial charge in [0.25, 0.3) is 0 Å². The fourth-order valence-electron chi connectivity index (χ4n) is 1.23. The summed E-state index contributed by atoms with van der Waals surface area (Å²) in [5, 5.41) is 3.22. The zero-order valence-corrected chi connectivity index (χ0v) is 8.61. The van der Waals surface area contributed by atoms with Gasteiger partial charge in [0.2, 0.25) is 0 Å². The van der Waals surface area contributed by atoms with E-state index >= 15 is 0 Å². The quantitative estimate of drug-likeness (QED) is 0.747. The van der Waals surface area contributed by atoms with Gasteiger partial charge in [-0.3, -0.25) is 0 Å². The van der Waals surface area contributed by atoms with E-state index in [1.54, 1.807) is 0 Å². The van der Waals surface area contributed by atoms with Crippen molar-refractivity contribution in [2.75, 3.05) is 7.05 Å². The fourth-order valence-corrected chi connectivity index (χ4v) is 1.23. The summed E-state index contributed by atoms with van der Waals surface area (Å²) in [6, 6.07) is 8.91. The van der Waals surface area contributed by atoms with Gasteiger partial charge in [0.15, 0.2) is 0 Å². The summed E-state index contributed by atoms with van der Waals surface area (Å²) in [5.41, 5.74) is 2.74. The van der Waals surface area contributed by atoms with Crippen LogP contribution < -0.4 is 5.32 Å². The Balaban J connectivity index is 0.00000121. The normalized spacial score (nSPS) is 11.9. The van der Waals surface area contributed by atoms with Crippen LogP contribution in [-0.4, -0.2) is 7.05 Å². The molecule has 1 unspecified atom stereocenters. The number of hydrogen-bond donors (Lipinski definition) is 1. The van der Waals surface area contributed by atoms with Crippen LogP contribution in [0.25, 0.3) is 0 Å². The molecule has 68 valence electrons. The third-order valence-electron chi connectivity index (χ3n) is 2.09. The highest BCUT2D eigenvalue weighted by Crippen LogP contribution is 2.15. The molecule has 0 saturated heterocycles. The SMILES string of the molecule is CNC(C)c1ccccc1C.Cl. The van der Waals surface area contributed by atoms with E-state index in [4.69, 9.17) is 0 Å². The molecule has 0 saturated carbocycles. The minimum absolute atomic E-state index is 0. The van der Waals surface area contributed by atoms with Gasteiger partial charge in [0, 0.05) is 6.04 Å². The molecular formula is C10H16ClN. The van der Waals surface area contributed by atoms with E-state index in [1.165, 1.54) is 11.1 Å². The molecule has 0 fully saturated rings. The van der Waals surface area contributed by atoms with E-state index in [2.05, 4.69) is 43.4 Å². The van der Waals surface area contributed by atoms with Crippen molar-refractivity contribution in [3.05, 3.63) is 35.4 Å². The lowest BCUT2D eigenvalue weighted by Gasteiger charge is -2.12. The Morgan fingerprint density at radius 3 is 2.33 bits per heavy atom. The van der Waals surface area contributed by atoms with Gasteiger partial charge in [-0.2, -0.15) is 0 Å². The first-order valence-electron chi connectivity index (χ1n) is 3.98. The van der Waals surface area contributed by atoms with E-state index < -0.39 is 0 Å². The van der Waals surface area contributed by atoms with Gasteiger partial charge in [0.1, 0.15) is 0 Å². The van der Waals surface area contributed by atoms with Crippen molar-refractivity contribution in [3.8, 4) is 0 Å². The Kier molecular flexibility index (Phi) is 4.95. The van der Waals surface area contributed by atoms with Gasteiger partial charge in [-0.1, -0.05) is 24.3 Å². The molecule has 1 aromatic carbocycles. The molecule has 0 aromatic heterocycles. The monoisotopic (exact) mass is 185 g/mol. The van der Waals surface area contributed by atoms with Crippen LogP contribution in [0.2, 0.25) is 0 Å². The first kappa shape index (κ1) is 11.5. The predicted molar refractivity (Wildman–Crippen MR) is 55.9 cm³/mol. The Morgan fingerprint density at radius 2 is 1.83 bits per heavy atom. The lowest BCUT2D eigenvalue weighted by molar-refractivity contribution is 0.648. The largest absolute Gasteiger partial charge is 0.313 e. The molecule has 0 heterocycles. The number of rotatable bonds is 2. The summed E-state index contributed by atoms with van der Waals surface area (Å²) >= 11 is 0. The molecule has 0 bridgehead atoms. The summed E-state index contributed by atoms with van der Waals surface area (Å²) in [7, 11) is 1.98. The average Bonchev–Trinajstić information content (AvgIpc) is 2.04. The van der Waals surface area contributed by atoms with Crippen molar-refractivity contribution in [1.29, 1.82) is 0 Å². The highest BCUT2D eigenvalue weighted by Gasteiger charge is 2.02. The van der Waals surface area contributed by atoms with Crippen LogP contribution in [0.5, 0.6) is 0 Å². The topological polar surface area (TPSA) is 12.0 Å². The predicted octanol–water partition coefficient (Wildman–Crippen LogP) is 2.70. The molecule has 1 aromatic rings. The maximum Gasteiger partial charge on any atom is 0.0291 e. The number of aryl methyl sites for hydroxylation is 1. The van der Waals surface area contributed by atoms with Crippen LogP contribution in [0.1, 0.15) is 24.1 Å². The van der Waals surface area contributed by atoms with E-state index in [1.807, 2.05) is 7.05 Å². The molecule has 1 atom stereocenters. The van der Waals surface area contributed by atoms with Gasteiger partial charge in [-0.05, 0) is 32.0 Å². The second-order valence-corrected chi connectivity index (χ2v) is 2.87. The zero-order valence-electron chi connectivity index (χ0n) is 7.79. The minimum Gasteiger partial charge on any atom is -0.313 e. The smallest absolute Gasteiger partial charge is 0.0291 e. The molecule has 0 aliphatic carbocycles. The summed E-state index contributed by atoms with van der Waals surface area (Å²) in [6.07, 6.45) is 0. The van der Waals surface area contributed by atoms with Gasteiger partial charge < -0.3 is 5.32 Å². The standard InChI is InChI=1S/C10H15N.ClH/c1-8-6-4-5-7-10(8)9(2)11-3;/h4-7,9,11H,1-3H3;1H. The van der Waals surface area contributed by atoms with Crippen LogP contribution in [0.3, 0.4) is 0 Å². The molecule has 0 aliphatic rings. The van der Waals surface area contributed by atoms with Gasteiger partial charge in [-0.25, -0.2) is 0 Å². The number of benzene rings is 1. The molecule has 0 amide bonds. The Morgan fingerprint density at radius 1 is 1.25 bits per heavy atom. The van der Waals surface area contributed by atoms with E-state index in [-0.39, 0.29) is 12.4 Å². The molecular weight excluding hydrogens is 170 g/mol. The van der Waals surface area contributed by atoms with Crippen molar-refractivity contribution < 1.29 is 0 Å². The van der Waals surface area contributed by atoms with Crippen molar-refractivity contribution in [1.82, 2.24) is 5.32 Å². The summed E-state index contributed by atoms with van der Waals surface area (Å²) in [6.45, 7) is 4.31. The van der Waals surface area contributed by atoms with E-state index in [0.29, 0.717) is 6.04 Å². The zero-order chi connectivity index (χ0) is 8.27. The van der Waals surface area contributed by atoms with Crippen LogP contribution in [-0.2, 0) is 0 Å². The third-order valence-corrected chi connectivity index (χ3v) is 2.09. The first-order valence-corrected chi connectivity index (χ1v) is 3.98. The molecule has 2 heteroatoms. The summed E-state index contributed by atoms with van der Waals surface area (Å²) in [4.78, 5) is 0. The highest BCUT2D eigenvalue weighted by atomic mass is 35.5. The Hall–Kier alpha value is -0.530. The maximum atomic E-state index is 3.22. The van der Waals surface area contributed by atoms with Crippen LogP contribution >= 0.6 is 12.4 Å².